The van der Waals surface area contributed by atoms with Crippen LogP contribution in [-0.4, -0.2) is 22.6 Å². The van der Waals surface area contributed by atoms with Gasteiger partial charge in [0.1, 0.15) is 0 Å². The molecule has 4 heteroatoms. The van der Waals surface area contributed by atoms with Crippen molar-refractivity contribution in [2.45, 2.75) is 45.7 Å². The molecule has 0 aliphatic carbocycles. The first-order chi connectivity index (χ1) is 13.7. The van der Waals surface area contributed by atoms with Gasteiger partial charge in [-0.2, -0.15) is 0 Å². The Bertz CT molecular complexity index is 877. The van der Waals surface area contributed by atoms with Gasteiger partial charge in [-0.25, -0.2) is 0 Å². The van der Waals surface area contributed by atoms with Crippen LogP contribution in [0, 0.1) is 13.8 Å². The first-order valence-corrected chi connectivity index (χ1v) is 10.0. The zero-order valence-electron chi connectivity index (χ0n) is 16.9. The molecule has 2 aromatic heterocycles. The number of hydrogen-bond acceptors (Lipinski definition) is 4. The van der Waals surface area contributed by atoms with Gasteiger partial charge < -0.3 is 11.1 Å². The summed E-state index contributed by atoms with van der Waals surface area (Å²) in [6.45, 7) is 5.66. The van der Waals surface area contributed by atoms with Crippen molar-refractivity contribution in [2.24, 2.45) is 5.73 Å². The highest BCUT2D eigenvalue weighted by Crippen LogP contribution is 2.22. The highest BCUT2D eigenvalue weighted by molar-refractivity contribution is 5.65. The number of nitrogens with one attached hydrogen (secondary N) is 1. The molecule has 0 fully saturated rings. The summed E-state index contributed by atoms with van der Waals surface area (Å²) in [5, 5.41) is 3.71. The normalized spacial score (nSPS) is 12.1. The van der Waals surface area contributed by atoms with E-state index >= 15 is 0 Å². The van der Waals surface area contributed by atoms with E-state index in [-0.39, 0.29) is 0 Å². The number of rotatable bonds is 9. The van der Waals surface area contributed by atoms with Crippen molar-refractivity contribution >= 4 is 0 Å². The largest absolute Gasteiger partial charge is 0.330 e. The van der Waals surface area contributed by atoms with Crippen molar-refractivity contribution in [3.8, 4) is 11.1 Å². The minimum absolute atomic E-state index is 0.322. The van der Waals surface area contributed by atoms with Crippen LogP contribution in [0.15, 0.2) is 60.9 Å². The fourth-order valence-electron chi connectivity index (χ4n) is 3.53. The van der Waals surface area contributed by atoms with Crippen LogP contribution in [0.5, 0.6) is 0 Å². The van der Waals surface area contributed by atoms with Gasteiger partial charge >= 0.3 is 0 Å². The first kappa shape index (κ1) is 20.2. The summed E-state index contributed by atoms with van der Waals surface area (Å²) in [7, 11) is 0. The minimum Gasteiger partial charge on any atom is -0.330 e. The molecule has 2 heterocycles. The van der Waals surface area contributed by atoms with Crippen molar-refractivity contribution in [2.75, 3.05) is 6.54 Å². The maximum absolute atomic E-state index is 5.77. The molecule has 0 radical (unpaired) electrons. The molecule has 3 rings (SSSR count). The minimum atomic E-state index is 0.322. The summed E-state index contributed by atoms with van der Waals surface area (Å²) in [5.74, 6) is 0. The van der Waals surface area contributed by atoms with Gasteiger partial charge in [-0.05, 0) is 56.0 Å². The Morgan fingerprint density at radius 2 is 1.82 bits per heavy atom. The Labute approximate surface area is 168 Å². The second-order valence-corrected chi connectivity index (χ2v) is 7.35. The van der Waals surface area contributed by atoms with Crippen molar-refractivity contribution < 1.29 is 0 Å². The summed E-state index contributed by atoms with van der Waals surface area (Å²) in [4.78, 5) is 9.30. The monoisotopic (exact) mass is 374 g/mol. The molecule has 1 atom stereocenters. The average Bonchev–Trinajstić information content (AvgIpc) is 2.72. The summed E-state index contributed by atoms with van der Waals surface area (Å²) in [5.41, 5.74) is 12.8. The second kappa shape index (κ2) is 10.1. The van der Waals surface area contributed by atoms with Gasteiger partial charge in [0.25, 0.3) is 0 Å². The van der Waals surface area contributed by atoms with Crippen LogP contribution >= 0.6 is 0 Å². The van der Waals surface area contributed by atoms with Crippen molar-refractivity contribution in [3.63, 3.8) is 0 Å². The Balaban J connectivity index is 1.74. The molecule has 28 heavy (non-hydrogen) atoms. The third kappa shape index (κ3) is 5.47. The van der Waals surface area contributed by atoms with Gasteiger partial charge in [-0.15, -0.1) is 0 Å². The van der Waals surface area contributed by atoms with E-state index in [2.05, 4.69) is 65.5 Å². The SMILES string of the molecule is Cc1cnc(CC(CCCN)NCc2ncccc2-c2ccccc2)c(C)c1. The van der Waals surface area contributed by atoms with Crippen LogP contribution in [0.25, 0.3) is 11.1 Å². The summed E-state index contributed by atoms with van der Waals surface area (Å²) >= 11 is 0. The Kier molecular flexibility index (Phi) is 7.29. The lowest BCUT2D eigenvalue weighted by molar-refractivity contribution is 0.459. The summed E-state index contributed by atoms with van der Waals surface area (Å²) in [6.07, 6.45) is 6.74. The molecule has 146 valence electrons. The molecular weight excluding hydrogens is 344 g/mol. The molecule has 0 bridgehead atoms. The molecule has 0 saturated heterocycles. The predicted octanol–water partition coefficient (Wildman–Crippen LogP) is 4.20. The highest BCUT2D eigenvalue weighted by atomic mass is 14.9. The maximum Gasteiger partial charge on any atom is 0.0619 e. The topological polar surface area (TPSA) is 63.8 Å². The van der Waals surface area contributed by atoms with Gasteiger partial charge in [0.2, 0.25) is 0 Å². The number of hydrogen-bond donors (Lipinski definition) is 2. The Morgan fingerprint density at radius 1 is 1.00 bits per heavy atom. The molecule has 3 aromatic rings. The van der Waals surface area contributed by atoms with Crippen molar-refractivity contribution in [1.29, 1.82) is 0 Å². The van der Waals surface area contributed by atoms with Crippen LogP contribution in [-0.2, 0) is 13.0 Å². The zero-order valence-corrected chi connectivity index (χ0v) is 16.9. The van der Waals surface area contributed by atoms with E-state index in [0.717, 1.165) is 37.2 Å². The van der Waals surface area contributed by atoms with Gasteiger partial charge in [0, 0.05) is 42.7 Å². The molecular formula is C24H30N4. The highest BCUT2D eigenvalue weighted by Gasteiger charge is 2.14. The number of nitrogens with two attached hydrogens (primary N) is 1. The molecule has 4 nitrogen and oxygen atoms in total. The molecule has 0 aliphatic heterocycles. The fraction of sp³-hybridized carbons (Fsp3) is 0.333. The first-order valence-electron chi connectivity index (χ1n) is 10.0. The van der Waals surface area contributed by atoms with Crippen LogP contribution in [0.2, 0.25) is 0 Å². The van der Waals surface area contributed by atoms with Crippen molar-refractivity contribution in [3.05, 3.63) is 83.4 Å². The molecule has 0 aliphatic rings. The van der Waals surface area contributed by atoms with Crippen LogP contribution in [0.3, 0.4) is 0 Å². The lowest BCUT2D eigenvalue weighted by atomic mass is 10.0. The quantitative estimate of drug-likeness (QED) is 0.589. The van der Waals surface area contributed by atoms with Crippen LogP contribution < -0.4 is 11.1 Å². The van der Waals surface area contributed by atoms with Gasteiger partial charge in [0.05, 0.1) is 5.69 Å². The number of nitrogens with zero attached hydrogens (tertiary/aromatic N) is 2. The van der Waals surface area contributed by atoms with Gasteiger partial charge in [-0.1, -0.05) is 42.5 Å². The Hall–Kier alpha value is -2.56. The molecule has 1 aromatic carbocycles. The third-order valence-electron chi connectivity index (χ3n) is 5.05. The van der Waals surface area contributed by atoms with Crippen molar-refractivity contribution in [1.82, 2.24) is 15.3 Å². The van der Waals surface area contributed by atoms with E-state index < -0.39 is 0 Å². The van der Waals surface area contributed by atoms with Gasteiger partial charge in [-0.3, -0.25) is 9.97 Å². The Morgan fingerprint density at radius 3 is 2.57 bits per heavy atom. The molecule has 0 spiro atoms. The standard InChI is InChI=1S/C24H30N4/c1-18-14-19(2)23(28-16-18)15-21(10-6-12-25)27-17-24-22(11-7-13-26-24)20-8-4-3-5-9-20/h3-5,7-9,11,13-14,16,21,27H,6,10,12,15,17,25H2,1-2H3. The number of pyridine rings is 2. The maximum atomic E-state index is 5.77. The van der Waals surface area contributed by atoms with Crippen LogP contribution in [0.1, 0.15) is 35.4 Å². The molecule has 3 N–H and O–H groups in total. The lowest BCUT2D eigenvalue weighted by Crippen LogP contribution is -2.32. The third-order valence-corrected chi connectivity index (χ3v) is 5.05. The van der Waals surface area contributed by atoms with Crippen LogP contribution in [0.4, 0.5) is 0 Å². The smallest absolute Gasteiger partial charge is 0.0619 e. The fourth-order valence-corrected chi connectivity index (χ4v) is 3.53. The van der Waals surface area contributed by atoms with E-state index in [0.29, 0.717) is 12.6 Å². The van der Waals surface area contributed by atoms with E-state index in [9.17, 15) is 0 Å². The predicted molar refractivity (Wildman–Crippen MR) is 116 cm³/mol. The molecule has 0 amide bonds. The number of aromatic nitrogens is 2. The number of aryl methyl sites for hydroxylation is 2. The lowest BCUT2D eigenvalue weighted by Gasteiger charge is -2.20. The van der Waals surface area contributed by atoms with E-state index in [1.165, 1.54) is 22.3 Å². The number of benzene rings is 1. The van der Waals surface area contributed by atoms with E-state index in [1.54, 1.807) is 0 Å². The summed E-state index contributed by atoms with van der Waals surface area (Å²) in [6, 6.07) is 17.1. The van der Waals surface area contributed by atoms with E-state index in [1.807, 2.05) is 24.5 Å². The molecule has 0 saturated carbocycles. The zero-order chi connectivity index (χ0) is 19.8. The second-order valence-electron chi connectivity index (χ2n) is 7.35. The molecule has 1 unspecified atom stereocenters. The van der Waals surface area contributed by atoms with E-state index in [4.69, 9.17) is 5.73 Å². The average molecular weight is 375 g/mol. The van der Waals surface area contributed by atoms with Gasteiger partial charge in [0.15, 0.2) is 0 Å². The summed E-state index contributed by atoms with van der Waals surface area (Å²) < 4.78 is 0.